The molecule has 0 saturated heterocycles. The van der Waals surface area contributed by atoms with Gasteiger partial charge < -0.3 is 19.5 Å². The lowest BCUT2D eigenvalue weighted by molar-refractivity contribution is -0.142. The van der Waals surface area contributed by atoms with Gasteiger partial charge >= 0.3 is 5.97 Å². The molecule has 0 aliphatic heterocycles. The zero-order valence-electron chi connectivity index (χ0n) is 16.5. The molecule has 0 aliphatic carbocycles. The summed E-state index contributed by atoms with van der Waals surface area (Å²) in [4.78, 5) is 24.6. The lowest BCUT2D eigenvalue weighted by atomic mass is 10.1. The molecule has 0 aromatic heterocycles. The van der Waals surface area contributed by atoms with E-state index in [2.05, 4.69) is 17.2 Å². The van der Waals surface area contributed by atoms with Crippen LogP contribution < -0.4 is 10.1 Å². The van der Waals surface area contributed by atoms with Crippen LogP contribution in [-0.2, 0) is 14.3 Å². The highest BCUT2D eigenvalue weighted by molar-refractivity contribution is 6.39. The second-order valence-electron chi connectivity index (χ2n) is 6.02. The van der Waals surface area contributed by atoms with E-state index in [-0.39, 0.29) is 22.0 Å². The number of ether oxygens (including phenoxy) is 3. The molecule has 30 heavy (non-hydrogen) atoms. The summed E-state index contributed by atoms with van der Waals surface area (Å²) in [6, 6.07) is 10.9. The molecule has 0 heterocycles. The summed E-state index contributed by atoms with van der Waals surface area (Å²) < 4.78 is 15.2. The Bertz CT molecular complexity index is 915. The molecule has 1 N–H and O–H groups in total. The van der Waals surface area contributed by atoms with Crippen molar-refractivity contribution in [3.8, 4) is 17.6 Å². The van der Waals surface area contributed by atoms with Gasteiger partial charge in [0, 0.05) is 19.1 Å². The molecule has 8 heteroatoms. The maximum absolute atomic E-state index is 12.5. The van der Waals surface area contributed by atoms with Gasteiger partial charge in [-0.1, -0.05) is 41.1 Å². The van der Waals surface area contributed by atoms with Crippen molar-refractivity contribution in [3.63, 3.8) is 0 Å². The van der Waals surface area contributed by atoms with Crippen LogP contribution in [0, 0.1) is 11.8 Å². The van der Waals surface area contributed by atoms with Crippen LogP contribution in [0.3, 0.4) is 0 Å². The van der Waals surface area contributed by atoms with Crippen LogP contribution in [0.25, 0.3) is 0 Å². The van der Waals surface area contributed by atoms with Gasteiger partial charge in [0.25, 0.3) is 5.91 Å². The van der Waals surface area contributed by atoms with Crippen LogP contribution >= 0.6 is 23.2 Å². The van der Waals surface area contributed by atoms with Gasteiger partial charge in [0.2, 0.25) is 0 Å². The summed E-state index contributed by atoms with van der Waals surface area (Å²) in [5.74, 6) is 5.32. The Labute approximate surface area is 185 Å². The molecule has 1 amide bonds. The molecule has 0 radical (unpaired) electrons. The van der Waals surface area contributed by atoms with E-state index in [4.69, 9.17) is 37.4 Å². The van der Waals surface area contributed by atoms with Crippen molar-refractivity contribution in [1.82, 2.24) is 5.32 Å². The summed E-state index contributed by atoms with van der Waals surface area (Å²) in [6.45, 7) is 0.957. The van der Waals surface area contributed by atoms with Crippen molar-refractivity contribution in [1.29, 1.82) is 0 Å². The van der Waals surface area contributed by atoms with E-state index in [0.717, 1.165) is 5.56 Å². The molecule has 0 spiro atoms. The van der Waals surface area contributed by atoms with Crippen molar-refractivity contribution in [2.45, 2.75) is 12.5 Å². The monoisotopic (exact) mass is 449 g/mol. The van der Waals surface area contributed by atoms with Crippen molar-refractivity contribution < 1.29 is 23.8 Å². The molecular weight excluding hydrogens is 429 g/mol. The first kappa shape index (κ1) is 23.6. The first-order valence-corrected chi connectivity index (χ1v) is 9.75. The van der Waals surface area contributed by atoms with Gasteiger partial charge in [0.15, 0.2) is 0 Å². The summed E-state index contributed by atoms with van der Waals surface area (Å²) in [6.07, 6.45) is 0.0482. The third kappa shape index (κ3) is 6.96. The molecule has 0 aliphatic rings. The van der Waals surface area contributed by atoms with Gasteiger partial charge in [0.1, 0.15) is 18.4 Å². The van der Waals surface area contributed by atoms with Crippen LogP contribution in [0.15, 0.2) is 42.5 Å². The maximum atomic E-state index is 12.5. The third-order valence-corrected chi connectivity index (χ3v) is 4.56. The smallest absolute Gasteiger partial charge is 0.329 e. The first-order chi connectivity index (χ1) is 14.5. The van der Waals surface area contributed by atoms with Crippen LogP contribution in [0.4, 0.5) is 0 Å². The van der Waals surface area contributed by atoms with Crippen LogP contribution in [0.1, 0.15) is 22.3 Å². The number of amides is 1. The molecule has 2 aromatic rings. The zero-order chi connectivity index (χ0) is 21.9. The second-order valence-corrected chi connectivity index (χ2v) is 6.83. The number of carbonyl (C=O) groups excluding carboxylic acids is 2. The minimum atomic E-state index is -0.973. The number of halogens is 2. The summed E-state index contributed by atoms with van der Waals surface area (Å²) in [5, 5.41) is 2.94. The Morgan fingerprint density at radius 1 is 1.03 bits per heavy atom. The van der Waals surface area contributed by atoms with E-state index in [1.165, 1.54) is 19.2 Å². The summed E-state index contributed by atoms with van der Waals surface area (Å²) >= 11 is 12.1. The van der Waals surface area contributed by atoms with Crippen LogP contribution in [0.5, 0.6) is 5.75 Å². The van der Waals surface area contributed by atoms with E-state index < -0.39 is 17.9 Å². The number of methoxy groups -OCH3 is 2. The van der Waals surface area contributed by atoms with Crippen LogP contribution in [0.2, 0.25) is 10.0 Å². The van der Waals surface area contributed by atoms with E-state index in [0.29, 0.717) is 19.0 Å². The number of carbonyl (C=O) groups is 2. The predicted molar refractivity (Wildman–Crippen MR) is 115 cm³/mol. The van der Waals surface area contributed by atoms with Gasteiger partial charge in [-0.15, -0.1) is 0 Å². The van der Waals surface area contributed by atoms with Gasteiger partial charge in [-0.3, -0.25) is 4.79 Å². The van der Waals surface area contributed by atoms with Gasteiger partial charge in [0.05, 0.1) is 29.3 Å². The fourth-order valence-corrected chi connectivity index (χ4v) is 2.98. The predicted octanol–water partition coefficient (Wildman–Crippen LogP) is 3.73. The van der Waals surface area contributed by atoms with Crippen LogP contribution in [-0.4, -0.2) is 45.4 Å². The Hall–Kier alpha value is -2.72. The van der Waals surface area contributed by atoms with E-state index in [1.807, 2.05) is 0 Å². The quantitative estimate of drug-likeness (QED) is 0.377. The lowest BCUT2D eigenvalue weighted by Crippen LogP contribution is -2.41. The Morgan fingerprint density at radius 3 is 2.30 bits per heavy atom. The second kappa shape index (κ2) is 12.1. The topological polar surface area (TPSA) is 73.9 Å². The largest absolute Gasteiger partial charge is 0.491 e. The highest BCUT2D eigenvalue weighted by atomic mass is 35.5. The number of benzene rings is 2. The molecule has 158 valence electrons. The zero-order valence-corrected chi connectivity index (χ0v) is 18.0. The molecule has 2 aromatic carbocycles. The van der Waals surface area contributed by atoms with Crippen molar-refractivity contribution in [3.05, 3.63) is 63.6 Å². The molecular formula is C22H21Cl2NO5. The highest BCUT2D eigenvalue weighted by Crippen LogP contribution is 2.24. The average molecular weight is 450 g/mol. The Kier molecular flexibility index (Phi) is 9.49. The number of nitrogens with one attached hydrogen (secondary N) is 1. The number of hydrogen-bond donors (Lipinski definition) is 1. The van der Waals surface area contributed by atoms with E-state index in [1.54, 1.807) is 37.4 Å². The molecule has 0 bridgehead atoms. The fraction of sp³-hybridized carbons (Fsp3) is 0.273. The normalized spacial score (nSPS) is 11.1. The van der Waals surface area contributed by atoms with Crippen molar-refractivity contribution in [2.24, 2.45) is 0 Å². The van der Waals surface area contributed by atoms with E-state index >= 15 is 0 Å². The molecule has 2 rings (SSSR count). The lowest BCUT2D eigenvalue weighted by Gasteiger charge is -2.15. The minimum Gasteiger partial charge on any atom is -0.491 e. The van der Waals surface area contributed by atoms with Gasteiger partial charge in [-0.05, 0) is 36.4 Å². The summed E-state index contributed by atoms with van der Waals surface area (Å²) in [7, 11) is 2.84. The first-order valence-electron chi connectivity index (χ1n) is 8.99. The molecule has 0 fully saturated rings. The minimum absolute atomic E-state index is 0.0482. The number of hydrogen-bond acceptors (Lipinski definition) is 5. The fourth-order valence-electron chi connectivity index (χ4n) is 2.41. The molecule has 0 saturated carbocycles. The Morgan fingerprint density at radius 2 is 1.70 bits per heavy atom. The average Bonchev–Trinajstić information content (AvgIpc) is 2.73. The number of esters is 1. The number of rotatable bonds is 8. The van der Waals surface area contributed by atoms with E-state index in [9.17, 15) is 9.59 Å². The Balaban J connectivity index is 2.04. The molecule has 1 unspecified atom stereocenters. The molecule has 6 nitrogen and oxygen atoms in total. The van der Waals surface area contributed by atoms with Gasteiger partial charge in [-0.2, -0.15) is 0 Å². The van der Waals surface area contributed by atoms with Gasteiger partial charge in [-0.25, -0.2) is 4.79 Å². The van der Waals surface area contributed by atoms with Crippen molar-refractivity contribution in [2.75, 3.05) is 27.4 Å². The standard InChI is InChI=1S/C22H21Cl2NO5/c1-28-13-14-30-16-11-9-15(10-12-16)5-3-8-19(22(27)29-2)25-21(26)20-17(23)6-4-7-18(20)24/h4,6-7,9-12,19H,8,13-14H2,1-2H3,(H,25,26). The molecule has 1 atom stereocenters. The maximum Gasteiger partial charge on any atom is 0.329 e. The highest BCUT2D eigenvalue weighted by Gasteiger charge is 2.23. The SMILES string of the molecule is COCCOc1ccc(C#CCC(NC(=O)c2c(Cl)cccc2Cl)C(=O)OC)cc1. The third-order valence-electron chi connectivity index (χ3n) is 3.93. The van der Waals surface area contributed by atoms with Crippen molar-refractivity contribution >= 4 is 35.1 Å². The summed E-state index contributed by atoms with van der Waals surface area (Å²) in [5.41, 5.74) is 0.824.